The van der Waals surface area contributed by atoms with Crippen molar-refractivity contribution in [3.63, 3.8) is 0 Å². The molecular formula is C32H29N3O3S2. The lowest BCUT2D eigenvalue weighted by molar-refractivity contribution is -0.113. The van der Waals surface area contributed by atoms with Crippen molar-refractivity contribution in [2.24, 2.45) is 0 Å². The number of amides is 1. The molecular weight excluding hydrogens is 539 g/mol. The highest BCUT2D eigenvalue weighted by Crippen LogP contribution is 2.35. The number of carbonyl (C=O) groups is 1. The van der Waals surface area contributed by atoms with E-state index < -0.39 is 0 Å². The van der Waals surface area contributed by atoms with Gasteiger partial charge in [0.15, 0.2) is 5.16 Å². The maximum Gasteiger partial charge on any atom is 0.267 e. The molecule has 0 radical (unpaired) electrons. The van der Waals surface area contributed by atoms with Gasteiger partial charge in [-0.1, -0.05) is 59.8 Å². The van der Waals surface area contributed by atoms with Crippen LogP contribution in [0.25, 0.3) is 15.9 Å². The van der Waals surface area contributed by atoms with Crippen molar-refractivity contribution in [2.75, 3.05) is 11.1 Å². The summed E-state index contributed by atoms with van der Waals surface area (Å²) in [5.74, 6) is 0.689. The van der Waals surface area contributed by atoms with Crippen molar-refractivity contribution in [3.8, 4) is 11.4 Å². The van der Waals surface area contributed by atoms with Gasteiger partial charge in [0.1, 0.15) is 17.2 Å². The number of nitrogens with one attached hydrogen (secondary N) is 1. The van der Waals surface area contributed by atoms with E-state index in [1.54, 1.807) is 15.9 Å². The number of aryl methyl sites for hydroxylation is 3. The molecule has 0 saturated heterocycles. The van der Waals surface area contributed by atoms with Crippen LogP contribution in [0.5, 0.6) is 5.75 Å². The summed E-state index contributed by atoms with van der Waals surface area (Å²) in [6.07, 6.45) is 4.17. The summed E-state index contributed by atoms with van der Waals surface area (Å²) in [5.41, 5.74) is 4.76. The number of hydrogen-bond donors (Lipinski definition) is 1. The summed E-state index contributed by atoms with van der Waals surface area (Å²) in [6.45, 7) is 2.50. The lowest BCUT2D eigenvalue weighted by Crippen LogP contribution is -2.23. The number of ether oxygens (including phenoxy) is 1. The SMILES string of the molecule is Cc1ccc(-n2c(SCC(=O)Nc3ccc(OCc4ccccc4)cc3)nc3sc4c(c3c2=O)CCCC4)cc1. The fourth-order valence-corrected chi connectivity index (χ4v) is 7.02. The van der Waals surface area contributed by atoms with Gasteiger partial charge in [-0.2, -0.15) is 0 Å². The van der Waals surface area contributed by atoms with Gasteiger partial charge >= 0.3 is 0 Å². The topological polar surface area (TPSA) is 73.2 Å². The second-order valence-corrected chi connectivity index (χ2v) is 11.9. The van der Waals surface area contributed by atoms with Crippen molar-refractivity contribution in [1.29, 1.82) is 0 Å². The average Bonchev–Trinajstić information content (AvgIpc) is 3.36. The Kier molecular flexibility index (Phi) is 7.71. The van der Waals surface area contributed by atoms with Gasteiger partial charge in [-0.05, 0) is 80.1 Å². The third kappa shape index (κ3) is 5.69. The first-order valence-electron chi connectivity index (χ1n) is 13.4. The molecule has 0 spiro atoms. The second-order valence-electron chi connectivity index (χ2n) is 9.90. The number of anilines is 1. The average molecular weight is 568 g/mol. The molecule has 0 unspecified atom stereocenters. The maximum absolute atomic E-state index is 13.9. The maximum atomic E-state index is 13.9. The first-order chi connectivity index (χ1) is 19.5. The van der Waals surface area contributed by atoms with Gasteiger partial charge in [0, 0.05) is 10.6 Å². The van der Waals surface area contributed by atoms with E-state index in [0.29, 0.717) is 17.5 Å². The summed E-state index contributed by atoms with van der Waals surface area (Å²) in [4.78, 5) is 33.8. The van der Waals surface area contributed by atoms with Gasteiger partial charge in [0.05, 0.1) is 16.8 Å². The van der Waals surface area contributed by atoms with E-state index in [-0.39, 0.29) is 17.2 Å². The number of carbonyl (C=O) groups excluding carboxylic acids is 1. The van der Waals surface area contributed by atoms with Crippen molar-refractivity contribution in [1.82, 2.24) is 9.55 Å². The molecule has 6 rings (SSSR count). The molecule has 1 amide bonds. The third-order valence-corrected chi connectivity index (χ3v) is 9.09. The highest BCUT2D eigenvalue weighted by atomic mass is 32.2. The van der Waals surface area contributed by atoms with Crippen molar-refractivity contribution < 1.29 is 9.53 Å². The number of thioether (sulfide) groups is 1. The van der Waals surface area contributed by atoms with Crippen LogP contribution < -0.4 is 15.6 Å². The number of benzene rings is 3. The zero-order valence-electron chi connectivity index (χ0n) is 22.2. The lowest BCUT2D eigenvalue weighted by atomic mass is 9.97. The smallest absolute Gasteiger partial charge is 0.267 e. The molecule has 6 nitrogen and oxygen atoms in total. The quantitative estimate of drug-likeness (QED) is 0.162. The molecule has 0 atom stereocenters. The first-order valence-corrected chi connectivity index (χ1v) is 15.2. The molecule has 0 saturated carbocycles. The Morgan fingerprint density at radius 2 is 1.75 bits per heavy atom. The highest BCUT2D eigenvalue weighted by Gasteiger charge is 2.23. The lowest BCUT2D eigenvalue weighted by Gasteiger charge is -2.14. The zero-order chi connectivity index (χ0) is 27.5. The molecule has 0 aliphatic heterocycles. The Hall–Kier alpha value is -3.88. The van der Waals surface area contributed by atoms with Crippen LogP contribution in [0.1, 0.15) is 34.4 Å². The molecule has 1 aliphatic rings. The van der Waals surface area contributed by atoms with Gasteiger partial charge in [-0.3, -0.25) is 14.2 Å². The molecule has 5 aromatic rings. The predicted octanol–water partition coefficient (Wildman–Crippen LogP) is 6.94. The summed E-state index contributed by atoms with van der Waals surface area (Å²) >= 11 is 2.90. The normalized spacial score (nSPS) is 12.7. The number of fused-ring (bicyclic) bond motifs is 3. The Morgan fingerprint density at radius 3 is 2.52 bits per heavy atom. The van der Waals surface area contributed by atoms with Crippen LogP contribution in [0.15, 0.2) is 88.8 Å². The molecule has 0 fully saturated rings. The molecule has 1 N–H and O–H groups in total. The van der Waals surface area contributed by atoms with Crippen LogP contribution in [0.3, 0.4) is 0 Å². The van der Waals surface area contributed by atoms with E-state index in [4.69, 9.17) is 9.72 Å². The third-order valence-electron chi connectivity index (χ3n) is 6.97. The summed E-state index contributed by atoms with van der Waals surface area (Å²) in [5, 5.41) is 4.21. The minimum absolute atomic E-state index is 0.0535. The van der Waals surface area contributed by atoms with E-state index in [9.17, 15) is 9.59 Å². The number of rotatable bonds is 8. The number of aromatic nitrogens is 2. The number of nitrogens with zero attached hydrogens (tertiary/aromatic N) is 2. The van der Waals surface area contributed by atoms with E-state index in [0.717, 1.165) is 64.0 Å². The fourth-order valence-electron chi connectivity index (χ4n) is 4.91. The van der Waals surface area contributed by atoms with Crippen molar-refractivity contribution >= 4 is 44.9 Å². The Labute approximate surface area is 241 Å². The van der Waals surface area contributed by atoms with Gasteiger partial charge in [0.25, 0.3) is 5.56 Å². The number of hydrogen-bond acceptors (Lipinski definition) is 6. The number of thiophene rings is 1. The largest absolute Gasteiger partial charge is 0.489 e. The second kappa shape index (κ2) is 11.7. The Balaban J connectivity index is 1.19. The molecule has 202 valence electrons. The molecule has 3 aromatic carbocycles. The van der Waals surface area contributed by atoms with Crippen LogP contribution in [-0.2, 0) is 24.2 Å². The van der Waals surface area contributed by atoms with Crippen molar-refractivity contribution in [3.05, 3.63) is 111 Å². The molecule has 40 heavy (non-hydrogen) atoms. The van der Waals surface area contributed by atoms with Gasteiger partial charge < -0.3 is 10.1 Å². The fraction of sp³-hybridized carbons (Fsp3) is 0.219. The minimum Gasteiger partial charge on any atom is -0.489 e. The minimum atomic E-state index is -0.168. The van der Waals surface area contributed by atoms with E-state index >= 15 is 0 Å². The zero-order valence-corrected chi connectivity index (χ0v) is 23.8. The Bertz CT molecular complexity index is 1710. The molecule has 0 bridgehead atoms. The van der Waals surface area contributed by atoms with E-state index in [1.165, 1.54) is 16.6 Å². The first kappa shape index (κ1) is 26.3. The summed E-state index contributed by atoms with van der Waals surface area (Å²) in [6, 6.07) is 25.2. The van der Waals surface area contributed by atoms with E-state index in [1.807, 2.05) is 85.8 Å². The molecule has 2 heterocycles. The molecule has 8 heteroatoms. The standard InChI is InChI=1S/C32H29N3O3S2/c1-21-11-15-24(16-12-21)35-31(37)29-26-9-5-6-10-27(26)40-30(29)34-32(35)39-20-28(36)33-23-13-17-25(18-14-23)38-19-22-7-3-2-4-8-22/h2-4,7-8,11-18H,5-6,9-10,19-20H2,1H3,(H,33,36). The monoisotopic (exact) mass is 567 g/mol. The summed E-state index contributed by atoms with van der Waals surface area (Å²) in [7, 11) is 0. The summed E-state index contributed by atoms with van der Waals surface area (Å²) < 4.78 is 7.51. The predicted molar refractivity (Wildman–Crippen MR) is 163 cm³/mol. The van der Waals surface area contributed by atoms with Crippen LogP contribution >= 0.6 is 23.1 Å². The Morgan fingerprint density at radius 1 is 1.00 bits per heavy atom. The van der Waals surface area contributed by atoms with Gasteiger partial charge in [-0.15, -0.1) is 11.3 Å². The van der Waals surface area contributed by atoms with Crippen LogP contribution in [0.4, 0.5) is 5.69 Å². The molecule has 2 aromatic heterocycles. The van der Waals surface area contributed by atoms with Gasteiger partial charge in [0.2, 0.25) is 5.91 Å². The van der Waals surface area contributed by atoms with E-state index in [2.05, 4.69) is 5.32 Å². The van der Waals surface area contributed by atoms with Crippen LogP contribution in [-0.4, -0.2) is 21.2 Å². The van der Waals surface area contributed by atoms with Crippen molar-refractivity contribution in [2.45, 2.75) is 44.4 Å². The van der Waals surface area contributed by atoms with Crippen LogP contribution in [0.2, 0.25) is 0 Å². The highest BCUT2D eigenvalue weighted by molar-refractivity contribution is 7.99. The van der Waals surface area contributed by atoms with Crippen LogP contribution in [0, 0.1) is 6.92 Å². The molecule has 1 aliphatic carbocycles. The van der Waals surface area contributed by atoms with Gasteiger partial charge in [-0.25, -0.2) is 4.98 Å².